The van der Waals surface area contributed by atoms with Crippen molar-refractivity contribution < 1.29 is 17.2 Å². The molecule has 0 N–H and O–H groups in total. The Balaban J connectivity index is 4.47. The molecule has 0 radical (unpaired) electrons. The van der Waals surface area contributed by atoms with Crippen LogP contribution in [-0.2, 0) is 10.0 Å². The van der Waals surface area contributed by atoms with Crippen LogP contribution in [0.5, 0.6) is 0 Å². The third kappa shape index (κ3) is 2.44. The average Bonchev–Trinajstić information content (AvgIpc) is 1.88. The predicted molar refractivity (Wildman–Crippen MR) is 36.4 cm³/mol. The van der Waals surface area contributed by atoms with Crippen molar-refractivity contribution in [3.05, 3.63) is 0 Å². The summed E-state index contributed by atoms with van der Waals surface area (Å²) in [6.45, 7) is -0.341. The van der Waals surface area contributed by atoms with Crippen LogP contribution in [0, 0.1) is 12.3 Å². The first-order chi connectivity index (χ1) is 4.92. The first kappa shape index (κ1) is 10.3. The molecule has 0 rings (SSSR count). The fourth-order valence-electron chi connectivity index (χ4n) is 0.355. The van der Waals surface area contributed by atoms with Crippen molar-refractivity contribution in [2.75, 3.05) is 13.6 Å². The van der Waals surface area contributed by atoms with Crippen LogP contribution >= 0.6 is 0 Å². The van der Waals surface area contributed by atoms with Gasteiger partial charge < -0.3 is 0 Å². The van der Waals surface area contributed by atoms with Crippen LogP contribution in [0.3, 0.4) is 0 Å². The molecule has 0 unspecified atom stereocenters. The zero-order chi connectivity index (χ0) is 9.07. The Kier molecular flexibility index (Phi) is 3.42. The fourth-order valence-corrected chi connectivity index (χ4v) is 0.881. The molecule has 6 heteroatoms. The van der Waals surface area contributed by atoms with Gasteiger partial charge in [0.05, 0.1) is 6.54 Å². The summed E-state index contributed by atoms with van der Waals surface area (Å²) < 4.78 is 44.8. The molecule has 0 saturated carbocycles. The van der Waals surface area contributed by atoms with Gasteiger partial charge in [-0.25, -0.2) is 8.42 Å². The zero-order valence-electron chi connectivity index (χ0n) is 5.79. The number of halogens is 2. The Morgan fingerprint density at radius 2 is 2.09 bits per heavy atom. The van der Waals surface area contributed by atoms with Gasteiger partial charge in [-0.15, -0.1) is 6.42 Å². The highest BCUT2D eigenvalue weighted by Gasteiger charge is 2.28. The van der Waals surface area contributed by atoms with E-state index in [1.165, 1.54) is 0 Å². The standard InChI is InChI=1S/C5H7F2NO2S/c1-3-4-8(2)11(9,10)5(6)7/h1,5H,4H2,2H3. The zero-order valence-corrected chi connectivity index (χ0v) is 6.61. The second-order valence-corrected chi connectivity index (χ2v) is 3.78. The van der Waals surface area contributed by atoms with Crippen molar-refractivity contribution in [1.82, 2.24) is 4.31 Å². The number of hydrogen-bond donors (Lipinski definition) is 0. The van der Waals surface area contributed by atoms with Gasteiger partial charge in [0.2, 0.25) is 0 Å². The average molecular weight is 183 g/mol. The van der Waals surface area contributed by atoms with Crippen LogP contribution in [-0.4, -0.2) is 32.1 Å². The number of nitrogens with zero attached hydrogens (tertiary/aromatic N) is 1. The van der Waals surface area contributed by atoms with Gasteiger partial charge in [-0.1, -0.05) is 5.92 Å². The molecule has 0 aromatic carbocycles. The number of rotatable bonds is 3. The second kappa shape index (κ2) is 3.64. The Hall–Kier alpha value is -0.670. The van der Waals surface area contributed by atoms with Gasteiger partial charge in [0, 0.05) is 7.05 Å². The van der Waals surface area contributed by atoms with E-state index in [2.05, 4.69) is 0 Å². The highest BCUT2D eigenvalue weighted by Crippen LogP contribution is 2.08. The minimum Gasteiger partial charge on any atom is -0.206 e. The van der Waals surface area contributed by atoms with Gasteiger partial charge in [-0.3, -0.25) is 0 Å². The summed E-state index contributed by atoms with van der Waals surface area (Å²) in [6.07, 6.45) is 4.73. The summed E-state index contributed by atoms with van der Waals surface area (Å²) >= 11 is 0. The summed E-state index contributed by atoms with van der Waals surface area (Å²) in [5.74, 6) is -1.46. The molecule has 0 atom stereocenters. The monoisotopic (exact) mass is 183 g/mol. The molecule has 0 aliphatic heterocycles. The summed E-state index contributed by atoms with van der Waals surface area (Å²) in [7, 11) is -3.48. The Bertz CT molecular complexity index is 254. The van der Waals surface area contributed by atoms with Crippen molar-refractivity contribution in [2.24, 2.45) is 0 Å². The number of terminal acetylenes is 1. The van der Waals surface area contributed by atoms with Crippen LogP contribution in [0.4, 0.5) is 8.78 Å². The van der Waals surface area contributed by atoms with Gasteiger partial charge in [0.1, 0.15) is 0 Å². The molecule has 0 aromatic rings. The third-order valence-corrected chi connectivity index (χ3v) is 2.42. The SMILES string of the molecule is C#CCN(C)S(=O)(=O)C(F)F. The van der Waals surface area contributed by atoms with E-state index in [4.69, 9.17) is 6.42 Å². The first-order valence-electron chi connectivity index (χ1n) is 2.59. The molecular weight excluding hydrogens is 176 g/mol. The number of sulfonamides is 1. The predicted octanol–water partition coefficient (Wildman–Crippen LogP) is 0.104. The number of alkyl halides is 2. The lowest BCUT2D eigenvalue weighted by molar-refractivity contribution is 0.224. The Labute approximate surface area is 64.0 Å². The van der Waals surface area contributed by atoms with Gasteiger partial charge in [-0.05, 0) is 0 Å². The van der Waals surface area contributed by atoms with Gasteiger partial charge >= 0.3 is 5.76 Å². The minimum atomic E-state index is -4.48. The van der Waals surface area contributed by atoms with Gasteiger partial charge in [0.15, 0.2) is 0 Å². The van der Waals surface area contributed by atoms with Crippen LogP contribution < -0.4 is 0 Å². The highest BCUT2D eigenvalue weighted by molar-refractivity contribution is 7.89. The van der Waals surface area contributed by atoms with E-state index in [0.717, 1.165) is 7.05 Å². The molecular formula is C5H7F2NO2S. The summed E-state index contributed by atoms with van der Waals surface area (Å²) in [5.41, 5.74) is 0. The maximum Gasteiger partial charge on any atom is 0.350 e. The van der Waals surface area contributed by atoms with E-state index < -0.39 is 15.8 Å². The van der Waals surface area contributed by atoms with E-state index in [1.54, 1.807) is 0 Å². The summed E-state index contributed by atoms with van der Waals surface area (Å²) in [5, 5.41) is 0. The van der Waals surface area contributed by atoms with Crippen molar-refractivity contribution in [3.63, 3.8) is 0 Å². The largest absolute Gasteiger partial charge is 0.350 e. The number of hydrogen-bond acceptors (Lipinski definition) is 2. The molecule has 0 aliphatic carbocycles. The molecule has 0 bridgehead atoms. The lowest BCUT2D eigenvalue weighted by Gasteiger charge is -2.12. The van der Waals surface area contributed by atoms with Crippen LogP contribution in [0.1, 0.15) is 0 Å². The van der Waals surface area contributed by atoms with Crippen molar-refractivity contribution in [2.45, 2.75) is 5.76 Å². The first-order valence-corrected chi connectivity index (χ1v) is 4.10. The van der Waals surface area contributed by atoms with E-state index in [9.17, 15) is 17.2 Å². The molecule has 64 valence electrons. The van der Waals surface area contributed by atoms with Gasteiger partial charge in [-0.2, -0.15) is 13.1 Å². The quantitative estimate of drug-likeness (QED) is 0.582. The molecule has 0 fully saturated rings. The third-order valence-electron chi connectivity index (χ3n) is 0.974. The maximum atomic E-state index is 11.7. The Morgan fingerprint density at radius 1 is 1.64 bits per heavy atom. The van der Waals surface area contributed by atoms with Crippen LogP contribution in [0.2, 0.25) is 0 Å². The van der Waals surface area contributed by atoms with Crippen molar-refractivity contribution in [1.29, 1.82) is 0 Å². The second-order valence-electron chi connectivity index (χ2n) is 1.77. The lowest BCUT2D eigenvalue weighted by Crippen LogP contribution is -2.32. The molecule has 3 nitrogen and oxygen atoms in total. The van der Waals surface area contributed by atoms with Crippen LogP contribution in [0.15, 0.2) is 0 Å². The summed E-state index contributed by atoms with van der Waals surface area (Å²) in [6, 6.07) is 0. The van der Waals surface area contributed by atoms with Crippen molar-refractivity contribution in [3.8, 4) is 12.3 Å². The molecule has 11 heavy (non-hydrogen) atoms. The van der Waals surface area contributed by atoms with E-state index in [-0.39, 0.29) is 6.54 Å². The van der Waals surface area contributed by atoms with E-state index in [0.29, 0.717) is 4.31 Å². The van der Waals surface area contributed by atoms with Gasteiger partial charge in [0.25, 0.3) is 10.0 Å². The molecule has 0 heterocycles. The van der Waals surface area contributed by atoms with E-state index in [1.807, 2.05) is 5.92 Å². The van der Waals surface area contributed by atoms with Crippen molar-refractivity contribution >= 4 is 10.0 Å². The van der Waals surface area contributed by atoms with Crippen LogP contribution in [0.25, 0.3) is 0 Å². The molecule has 0 amide bonds. The minimum absolute atomic E-state index is 0.341. The summed E-state index contributed by atoms with van der Waals surface area (Å²) in [4.78, 5) is 0. The van der Waals surface area contributed by atoms with E-state index >= 15 is 0 Å². The normalized spacial score (nSPS) is 12.0. The maximum absolute atomic E-state index is 11.7. The fraction of sp³-hybridized carbons (Fsp3) is 0.600. The molecule has 0 saturated heterocycles. The molecule has 0 aliphatic rings. The Morgan fingerprint density at radius 3 is 2.36 bits per heavy atom. The molecule has 0 spiro atoms. The molecule has 0 aromatic heterocycles. The highest BCUT2D eigenvalue weighted by atomic mass is 32.2. The lowest BCUT2D eigenvalue weighted by atomic mass is 10.7. The smallest absolute Gasteiger partial charge is 0.206 e. The topological polar surface area (TPSA) is 37.4 Å².